The summed E-state index contributed by atoms with van der Waals surface area (Å²) >= 11 is 1.13. The van der Waals surface area contributed by atoms with Crippen molar-refractivity contribution in [2.75, 3.05) is 32.7 Å². The molecule has 0 radical (unpaired) electrons. The van der Waals surface area contributed by atoms with E-state index in [1.54, 1.807) is 18.2 Å². The van der Waals surface area contributed by atoms with E-state index >= 15 is 0 Å². The molecule has 4 aliphatic rings. The molecule has 2 aromatic carbocycles. The van der Waals surface area contributed by atoms with Crippen LogP contribution in [0.3, 0.4) is 0 Å². The van der Waals surface area contributed by atoms with Crippen molar-refractivity contribution in [1.82, 2.24) is 20.5 Å². The number of carbonyl (C=O) groups is 1. The van der Waals surface area contributed by atoms with Gasteiger partial charge in [0.05, 0.1) is 4.70 Å². The standard InChI is InChI=1S/C32H41FN4O3S/c33-26-3-1-2-21(17-26)6-9-34-11-8-28(39)37(32-18-22-14-23(19-32)16-24(15-22)20-32)13-12-35-10-7-25-4-5-27(38)29-30(25)41-31(40)36-29/h1-5,17,22-24,34-35,38H,6-16,18-20H2,(H,36,40). The van der Waals surface area contributed by atoms with Gasteiger partial charge in [0.15, 0.2) is 0 Å². The molecule has 4 N–H and O–H groups in total. The van der Waals surface area contributed by atoms with Crippen molar-refractivity contribution >= 4 is 27.5 Å². The summed E-state index contributed by atoms with van der Waals surface area (Å²) < 4.78 is 14.3. The monoisotopic (exact) mass is 580 g/mol. The molecule has 9 heteroatoms. The van der Waals surface area contributed by atoms with Gasteiger partial charge in [-0.25, -0.2) is 4.39 Å². The molecule has 220 valence electrons. The summed E-state index contributed by atoms with van der Waals surface area (Å²) in [6.07, 6.45) is 9.42. The largest absolute Gasteiger partial charge is 0.506 e. The van der Waals surface area contributed by atoms with Crippen molar-refractivity contribution < 1.29 is 14.3 Å². The molecular weight excluding hydrogens is 539 g/mol. The third-order valence-corrected chi connectivity index (χ3v) is 10.6. The van der Waals surface area contributed by atoms with Crippen LogP contribution in [-0.2, 0) is 17.6 Å². The zero-order valence-corrected chi connectivity index (χ0v) is 24.4. The second-order valence-electron chi connectivity index (χ2n) is 12.5. The van der Waals surface area contributed by atoms with Crippen LogP contribution in [0.5, 0.6) is 5.75 Å². The zero-order valence-electron chi connectivity index (χ0n) is 23.6. The lowest BCUT2D eigenvalue weighted by atomic mass is 9.52. The quantitative estimate of drug-likeness (QED) is 0.222. The van der Waals surface area contributed by atoms with Gasteiger partial charge in [-0.1, -0.05) is 29.5 Å². The highest BCUT2D eigenvalue weighted by Gasteiger charge is 2.54. The Balaban J connectivity index is 1.04. The molecule has 0 atom stereocenters. The third-order valence-electron chi connectivity index (χ3n) is 9.60. The molecule has 1 aromatic heterocycles. The highest BCUT2D eigenvalue weighted by molar-refractivity contribution is 7.16. The summed E-state index contributed by atoms with van der Waals surface area (Å²) in [4.78, 5) is 30.4. The van der Waals surface area contributed by atoms with Crippen molar-refractivity contribution in [3.63, 3.8) is 0 Å². The number of rotatable bonds is 13. The van der Waals surface area contributed by atoms with E-state index in [2.05, 4.69) is 20.5 Å². The van der Waals surface area contributed by atoms with Crippen LogP contribution in [0.25, 0.3) is 10.2 Å². The van der Waals surface area contributed by atoms with Crippen LogP contribution in [0.1, 0.15) is 56.1 Å². The van der Waals surface area contributed by atoms with Crippen LogP contribution in [0.2, 0.25) is 0 Å². The van der Waals surface area contributed by atoms with Gasteiger partial charge in [0.2, 0.25) is 5.91 Å². The molecule has 0 spiro atoms. The Morgan fingerprint density at radius 3 is 2.44 bits per heavy atom. The maximum Gasteiger partial charge on any atom is 0.305 e. The van der Waals surface area contributed by atoms with Crippen molar-refractivity contribution in [3.8, 4) is 5.75 Å². The summed E-state index contributed by atoms with van der Waals surface area (Å²) in [7, 11) is 0. The van der Waals surface area contributed by atoms with Crippen LogP contribution in [-0.4, -0.2) is 59.2 Å². The number of nitrogens with one attached hydrogen (secondary N) is 3. The summed E-state index contributed by atoms with van der Waals surface area (Å²) in [5, 5.41) is 17.0. The molecule has 41 heavy (non-hydrogen) atoms. The number of benzene rings is 2. The Morgan fingerprint density at radius 1 is 1.00 bits per heavy atom. The number of aromatic nitrogens is 1. The SMILES string of the molecule is O=C(CCNCCc1cccc(F)c1)N(CCNCCc1ccc(O)c2[nH]c(=O)sc12)C12CC3CC(CC(C3)C1)C2. The van der Waals surface area contributed by atoms with Crippen LogP contribution in [0, 0.1) is 23.6 Å². The van der Waals surface area contributed by atoms with E-state index in [0.717, 1.165) is 96.7 Å². The molecule has 4 fully saturated rings. The number of hydrogen-bond donors (Lipinski definition) is 4. The van der Waals surface area contributed by atoms with Crippen LogP contribution < -0.4 is 15.5 Å². The van der Waals surface area contributed by atoms with E-state index in [4.69, 9.17) is 0 Å². The number of phenols is 1. The number of carbonyl (C=O) groups excluding carboxylic acids is 1. The third kappa shape index (κ3) is 6.37. The van der Waals surface area contributed by atoms with Crippen LogP contribution in [0.4, 0.5) is 4.39 Å². The fraction of sp³-hybridized carbons (Fsp3) is 0.562. The minimum Gasteiger partial charge on any atom is -0.506 e. The lowest BCUT2D eigenvalue weighted by Crippen LogP contribution is -2.62. The normalized spacial score (nSPS) is 24.8. The van der Waals surface area contributed by atoms with Crippen molar-refractivity contribution in [2.24, 2.45) is 17.8 Å². The molecule has 3 aromatic rings. The number of aromatic hydroxyl groups is 1. The predicted molar refractivity (Wildman–Crippen MR) is 161 cm³/mol. The Hall–Kier alpha value is -2.75. The molecule has 7 rings (SSSR count). The molecule has 1 amide bonds. The minimum atomic E-state index is -0.213. The number of nitrogens with zero attached hydrogens (tertiary/aromatic N) is 1. The lowest BCUT2D eigenvalue weighted by Gasteiger charge is -2.60. The van der Waals surface area contributed by atoms with E-state index in [1.165, 1.54) is 25.3 Å². The van der Waals surface area contributed by atoms with Gasteiger partial charge in [-0.05, 0) is 112 Å². The smallest absolute Gasteiger partial charge is 0.305 e. The van der Waals surface area contributed by atoms with Gasteiger partial charge in [0, 0.05) is 31.6 Å². The fourth-order valence-corrected chi connectivity index (χ4v) is 9.11. The van der Waals surface area contributed by atoms with Crippen LogP contribution >= 0.6 is 11.3 Å². The number of thiazole rings is 1. The van der Waals surface area contributed by atoms with Gasteiger partial charge >= 0.3 is 4.87 Å². The van der Waals surface area contributed by atoms with Crippen molar-refractivity contribution in [2.45, 2.75) is 63.3 Å². The molecule has 0 unspecified atom stereocenters. The first kappa shape index (κ1) is 28.4. The molecule has 4 saturated carbocycles. The molecular formula is C32H41FN4O3S. The van der Waals surface area contributed by atoms with Gasteiger partial charge in [-0.3, -0.25) is 9.59 Å². The molecule has 0 saturated heterocycles. The number of hydrogen-bond acceptors (Lipinski definition) is 6. The van der Waals surface area contributed by atoms with Gasteiger partial charge in [-0.15, -0.1) is 0 Å². The van der Waals surface area contributed by atoms with Gasteiger partial charge in [0.1, 0.15) is 17.1 Å². The minimum absolute atomic E-state index is 0.00945. The van der Waals surface area contributed by atoms with Gasteiger partial charge in [-0.2, -0.15) is 0 Å². The molecule has 4 aliphatic carbocycles. The Labute approximate surface area is 244 Å². The van der Waals surface area contributed by atoms with Crippen molar-refractivity contribution in [1.29, 1.82) is 0 Å². The van der Waals surface area contributed by atoms with Crippen molar-refractivity contribution in [3.05, 3.63) is 63.0 Å². The Bertz CT molecular complexity index is 1400. The first-order valence-electron chi connectivity index (χ1n) is 15.2. The highest BCUT2D eigenvalue weighted by atomic mass is 32.1. The van der Waals surface area contributed by atoms with Gasteiger partial charge < -0.3 is 25.6 Å². The number of halogens is 1. The summed E-state index contributed by atoms with van der Waals surface area (Å²) in [5.41, 5.74) is 2.52. The summed E-state index contributed by atoms with van der Waals surface area (Å²) in [5.74, 6) is 2.42. The van der Waals surface area contributed by atoms with E-state index in [1.807, 2.05) is 12.1 Å². The number of H-pyrrole nitrogens is 1. The predicted octanol–water partition coefficient (Wildman–Crippen LogP) is 4.59. The molecule has 0 aliphatic heterocycles. The number of phenolic OH excluding ortho intramolecular Hbond substituents is 1. The highest BCUT2D eigenvalue weighted by Crippen LogP contribution is 2.57. The molecule has 7 nitrogen and oxygen atoms in total. The first-order chi connectivity index (χ1) is 19.9. The summed E-state index contributed by atoms with van der Waals surface area (Å²) in [6, 6.07) is 10.2. The Morgan fingerprint density at radius 2 is 1.71 bits per heavy atom. The van der Waals surface area contributed by atoms with E-state index < -0.39 is 0 Å². The van der Waals surface area contributed by atoms with Gasteiger partial charge in [0.25, 0.3) is 0 Å². The van der Waals surface area contributed by atoms with E-state index in [0.29, 0.717) is 25.0 Å². The lowest BCUT2D eigenvalue weighted by molar-refractivity contribution is -0.150. The fourth-order valence-electron chi connectivity index (χ4n) is 8.21. The molecule has 1 heterocycles. The Kier molecular flexibility index (Phi) is 8.47. The molecule has 4 bridgehead atoms. The second kappa shape index (κ2) is 12.2. The maximum absolute atomic E-state index is 13.8. The number of fused-ring (bicyclic) bond motifs is 1. The summed E-state index contributed by atoms with van der Waals surface area (Å²) in [6.45, 7) is 3.51. The maximum atomic E-state index is 13.8. The van der Waals surface area contributed by atoms with E-state index in [-0.39, 0.29) is 27.9 Å². The zero-order chi connectivity index (χ0) is 28.4. The average molecular weight is 581 g/mol. The topological polar surface area (TPSA) is 97.5 Å². The number of aromatic amines is 1. The average Bonchev–Trinajstić information content (AvgIpc) is 3.33. The first-order valence-corrected chi connectivity index (χ1v) is 16.0. The second-order valence-corrected chi connectivity index (χ2v) is 13.5. The van der Waals surface area contributed by atoms with E-state index in [9.17, 15) is 19.1 Å². The van der Waals surface area contributed by atoms with Crippen LogP contribution in [0.15, 0.2) is 41.2 Å². The number of amides is 1.